The molecular weight excluding hydrogens is 336 g/mol. The van der Waals surface area contributed by atoms with Crippen LogP contribution >= 0.6 is 11.3 Å². The van der Waals surface area contributed by atoms with Gasteiger partial charge in [0.2, 0.25) is 5.91 Å². The van der Waals surface area contributed by atoms with Crippen LogP contribution in [0.15, 0.2) is 5.38 Å². The maximum absolute atomic E-state index is 11.1. The summed E-state index contributed by atoms with van der Waals surface area (Å²) in [6, 6.07) is 0. The van der Waals surface area contributed by atoms with Crippen molar-refractivity contribution in [2.24, 2.45) is 5.92 Å². The molecule has 2 atom stereocenters. The monoisotopic (exact) mass is 366 g/mol. The smallest absolute Gasteiger partial charge is 0.223 e. The highest BCUT2D eigenvalue weighted by molar-refractivity contribution is 7.13. The lowest BCUT2D eigenvalue weighted by molar-refractivity contribution is -0.114. The number of hydrogen-bond donors (Lipinski definition) is 1. The summed E-state index contributed by atoms with van der Waals surface area (Å²) in [6.07, 6.45) is 3.21. The fourth-order valence-electron chi connectivity index (χ4n) is 3.94. The molecular formula is C18H30N4O2S. The van der Waals surface area contributed by atoms with E-state index in [1.807, 2.05) is 5.38 Å². The quantitative estimate of drug-likeness (QED) is 0.867. The summed E-state index contributed by atoms with van der Waals surface area (Å²) in [5, 5.41) is 5.51. The van der Waals surface area contributed by atoms with Gasteiger partial charge in [-0.3, -0.25) is 14.6 Å². The summed E-state index contributed by atoms with van der Waals surface area (Å²) in [5.41, 5.74) is 1.06. The molecule has 2 saturated heterocycles. The lowest BCUT2D eigenvalue weighted by atomic mass is 9.95. The zero-order chi connectivity index (χ0) is 17.8. The van der Waals surface area contributed by atoms with Crippen molar-refractivity contribution >= 4 is 22.4 Å². The molecule has 140 valence electrons. The first kappa shape index (κ1) is 18.8. The van der Waals surface area contributed by atoms with Crippen LogP contribution in [0.2, 0.25) is 0 Å². The van der Waals surface area contributed by atoms with Crippen molar-refractivity contribution in [3.8, 4) is 0 Å². The van der Waals surface area contributed by atoms with Gasteiger partial charge in [0.25, 0.3) is 0 Å². The first-order valence-electron chi connectivity index (χ1n) is 9.30. The topological polar surface area (TPSA) is 57.7 Å². The van der Waals surface area contributed by atoms with Crippen LogP contribution in [-0.2, 0) is 16.1 Å². The average molecular weight is 367 g/mol. The molecule has 25 heavy (non-hydrogen) atoms. The van der Waals surface area contributed by atoms with Crippen LogP contribution in [0.25, 0.3) is 0 Å². The van der Waals surface area contributed by atoms with E-state index in [1.165, 1.54) is 37.6 Å². The number of amides is 1. The maximum atomic E-state index is 11.1. The Balaban J connectivity index is 1.41. The van der Waals surface area contributed by atoms with E-state index in [4.69, 9.17) is 4.74 Å². The number of anilines is 1. The maximum Gasteiger partial charge on any atom is 0.223 e. The Morgan fingerprint density at radius 2 is 1.96 bits per heavy atom. The van der Waals surface area contributed by atoms with Gasteiger partial charge in [0.1, 0.15) is 0 Å². The largest absolute Gasteiger partial charge is 0.373 e. The lowest BCUT2D eigenvalue weighted by Crippen LogP contribution is -2.48. The van der Waals surface area contributed by atoms with Crippen molar-refractivity contribution < 1.29 is 9.53 Å². The minimum absolute atomic E-state index is 0.0616. The zero-order valence-corrected chi connectivity index (χ0v) is 16.3. The number of morpholine rings is 1. The Morgan fingerprint density at radius 1 is 1.28 bits per heavy atom. The van der Waals surface area contributed by atoms with Crippen LogP contribution in [0.1, 0.15) is 39.3 Å². The van der Waals surface area contributed by atoms with E-state index in [-0.39, 0.29) is 5.91 Å². The van der Waals surface area contributed by atoms with Crippen molar-refractivity contribution in [2.75, 3.05) is 38.0 Å². The molecule has 1 aromatic heterocycles. The summed E-state index contributed by atoms with van der Waals surface area (Å²) in [4.78, 5) is 20.6. The summed E-state index contributed by atoms with van der Waals surface area (Å²) in [7, 11) is 0. The normalized spacial score (nSPS) is 26.7. The van der Waals surface area contributed by atoms with Gasteiger partial charge in [-0.25, -0.2) is 4.98 Å². The number of carbonyl (C=O) groups excluding carboxylic acids is 1. The highest BCUT2D eigenvalue weighted by atomic mass is 32.1. The Labute approximate surface area is 154 Å². The molecule has 3 rings (SSSR count). The molecule has 6 nitrogen and oxygen atoms in total. The van der Waals surface area contributed by atoms with E-state index < -0.39 is 0 Å². The molecule has 2 aliphatic heterocycles. The van der Waals surface area contributed by atoms with Gasteiger partial charge in [0, 0.05) is 38.5 Å². The molecule has 0 bridgehead atoms. The first-order chi connectivity index (χ1) is 12.0. The number of nitrogens with one attached hydrogen (secondary N) is 1. The number of ether oxygens (including phenoxy) is 1. The van der Waals surface area contributed by atoms with E-state index in [1.54, 1.807) is 0 Å². The van der Waals surface area contributed by atoms with Crippen molar-refractivity contribution in [2.45, 2.75) is 52.4 Å². The number of aromatic nitrogens is 1. The Morgan fingerprint density at radius 3 is 2.60 bits per heavy atom. The van der Waals surface area contributed by atoms with E-state index >= 15 is 0 Å². The zero-order valence-electron chi connectivity index (χ0n) is 15.5. The van der Waals surface area contributed by atoms with Crippen molar-refractivity contribution in [3.05, 3.63) is 11.1 Å². The van der Waals surface area contributed by atoms with E-state index in [0.29, 0.717) is 17.3 Å². The summed E-state index contributed by atoms with van der Waals surface area (Å²) in [6.45, 7) is 12.3. The number of hydrogen-bond acceptors (Lipinski definition) is 6. The molecule has 0 aliphatic carbocycles. The molecule has 7 heteroatoms. The fourth-order valence-corrected chi connectivity index (χ4v) is 4.69. The minimum Gasteiger partial charge on any atom is -0.373 e. The number of piperidine rings is 1. The number of nitrogens with zero attached hydrogens (tertiary/aromatic N) is 3. The second kappa shape index (κ2) is 8.58. The van der Waals surface area contributed by atoms with Gasteiger partial charge < -0.3 is 10.1 Å². The van der Waals surface area contributed by atoms with Crippen LogP contribution in [0.5, 0.6) is 0 Å². The van der Waals surface area contributed by atoms with Crippen molar-refractivity contribution in [3.63, 3.8) is 0 Å². The van der Waals surface area contributed by atoms with Crippen LogP contribution in [-0.4, -0.2) is 65.6 Å². The van der Waals surface area contributed by atoms with E-state index in [9.17, 15) is 4.79 Å². The van der Waals surface area contributed by atoms with Gasteiger partial charge in [-0.05, 0) is 45.7 Å². The molecule has 1 amide bonds. The molecule has 1 N–H and O–H groups in total. The molecule has 0 saturated carbocycles. The SMILES string of the molecule is CC(=O)Nc1nc(CN2CCC(CN3CC(C)OC(C)C3)CC2)cs1. The molecule has 1 aromatic rings. The van der Waals surface area contributed by atoms with Gasteiger partial charge in [0.05, 0.1) is 17.9 Å². The summed E-state index contributed by atoms with van der Waals surface area (Å²) < 4.78 is 5.83. The molecule has 3 heterocycles. The molecule has 0 radical (unpaired) electrons. The van der Waals surface area contributed by atoms with Gasteiger partial charge in [-0.2, -0.15) is 0 Å². The van der Waals surface area contributed by atoms with Gasteiger partial charge in [-0.15, -0.1) is 11.3 Å². The standard InChI is InChI=1S/C18H30N4O2S/c1-13-8-22(9-14(2)24-13)10-16-4-6-21(7-5-16)11-17-12-25-18(20-17)19-15(3)23/h12-14,16H,4-11H2,1-3H3,(H,19,20,23). The van der Waals surface area contributed by atoms with E-state index in [0.717, 1.165) is 44.3 Å². The molecule has 0 aromatic carbocycles. The number of thiazole rings is 1. The number of likely N-dealkylation sites (tertiary alicyclic amines) is 1. The van der Waals surface area contributed by atoms with Crippen LogP contribution in [0.4, 0.5) is 5.13 Å². The van der Waals surface area contributed by atoms with Crippen LogP contribution in [0.3, 0.4) is 0 Å². The molecule has 2 unspecified atom stereocenters. The average Bonchev–Trinajstić information content (AvgIpc) is 2.94. The van der Waals surface area contributed by atoms with Gasteiger partial charge >= 0.3 is 0 Å². The second-order valence-corrected chi connectivity index (χ2v) is 8.38. The van der Waals surface area contributed by atoms with E-state index in [2.05, 4.69) is 33.9 Å². The van der Waals surface area contributed by atoms with Gasteiger partial charge in [0.15, 0.2) is 5.13 Å². The fraction of sp³-hybridized carbons (Fsp3) is 0.778. The highest BCUT2D eigenvalue weighted by Gasteiger charge is 2.26. The first-order valence-corrected chi connectivity index (χ1v) is 10.2. The predicted molar refractivity (Wildman–Crippen MR) is 101 cm³/mol. The molecule has 0 spiro atoms. The Hall–Kier alpha value is -1.02. The minimum atomic E-state index is -0.0616. The number of rotatable bonds is 5. The number of carbonyl (C=O) groups is 1. The molecule has 2 aliphatic rings. The lowest BCUT2D eigenvalue weighted by Gasteiger charge is -2.39. The second-order valence-electron chi connectivity index (χ2n) is 7.52. The van der Waals surface area contributed by atoms with Crippen LogP contribution < -0.4 is 5.32 Å². The van der Waals surface area contributed by atoms with Crippen molar-refractivity contribution in [1.29, 1.82) is 0 Å². The Bertz CT molecular complexity index is 561. The predicted octanol–water partition coefficient (Wildman–Crippen LogP) is 2.42. The summed E-state index contributed by atoms with van der Waals surface area (Å²) in [5.74, 6) is 0.729. The third-order valence-corrected chi connectivity index (χ3v) is 5.75. The van der Waals surface area contributed by atoms with Crippen molar-refractivity contribution in [1.82, 2.24) is 14.8 Å². The van der Waals surface area contributed by atoms with Crippen LogP contribution in [0, 0.1) is 5.92 Å². The van der Waals surface area contributed by atoms with Gasteiger partial charge in [-0.1, -0.05) is 0 Å². The third kappa shape index (κ3) is 5.74. The molecule has 2 fully saturated rings. The third-order valence-electron chi connectivity index (χ3n) is 4.94. The Kier molecular flexibility index (Phi) is 6.44. The summed E-state index contributed by atoms with van der Waals surface area (Å²) >= 11 is 1.50. The highest BCUT2D eigenvalue weighted by Crippen LogP contribution is 2.23.